The maximum atomic E-state index is 13.6. The zero-order chi connectivity index (χ0) is 27.3. The number of hydrogen-bond donors (Lipinski definition) is 1. The van der Waals surface area contributed by atoms with Crippen LogP contribution in [0.4, 0.5) is 9.18 Å². The van der Waals surface area contributed by atoms with Crippen molar-refractivity contribution in [2.45, 2.75) is 57.1 Å². The summed E-state index contributed by atoms with van der Waals surface area (Å²) in [5.74, 6) is -0.293. The fourth-order valence-electron chi connectivity index (χ4n) is 4.91. The summed E-state index contributed by atoms with van der Waals surface area (Å²) < 4.78 is 27.5. The van der Waals surface area contributed by atoms with E-state index in [1.54, 1.807) is 12.1 Å². The van der Waals surface area contributed by atoms with Crippen LogP contribution in [0.1, 0.15) is 24.0 Å². The Labute approximate surface area is 229 Å². The third-order valence-electron chi connectivity index (χ3n) is 7.26. The number of amides is 1. The van der Waals surface area contributed by atoms with Crippen LogP contribution in [0.25, 0.3) is 10.9 Å². The molecule has 38 heavy (non-hydrogen) atoms. The average molecular weight is 562 g/mol. The molecule has 2 heterocycles. The summed E-state index contributed by atoms with van der Waals surface area (Å²) in [5.41, 5.74) is 2.50. The van der Waals surface area contributed by atoms with Crippen LogP contribution >= 0.6 is 11.6 Å². The van der Waals surface area contributed by atoms with Gasteiger partial charge in [-0.05, 0) is 60.7 Å². The molecule has 1 saturated heterocycles. The Morgan fingerprint density at radius 1 is 1.13 bits per heavy atom. The number of piperidine rings is 1. The van der Waals surface area contributed by atoms with Crippen LogP contribution in [0.5, 0.6) is 0 Å². The number of carboxylic acid groups (broad SMARTS) is 1. The van der Waals surface area contributed by atoms with E-state index in [0.29, 0.717) is 57.3 Å². The molecule has 206 valence electrons. The van der Waals surface area contributed by atoms with E-state index in [0.717, 1.165) is 34.7 Å². The summed E-state index contributed by atoms with van der Waals surface area (Å²) in [5, 5.41) is 15.7. The molecule has 1 N–H and O–H groups in total. The third-order valence-corrected chi connectivity index (χ3v) is 9.18. The monoisotopic (exact) mass is 561 g/mol. The van der Waals surface area contributed by atoms with E-state index in [4.69, 9.17) is 26.2 Å². The predicted molar refractivity (Wildman–Crippen MR) is 150 cm³/mol. The van der Waals surface area contributed by atoms with Gasteiger partial charge in [0.05, 0.1) is 18.7 Å². The Bertz CT molecular complexity index is 1240. The van der Waals surface area contributed by atoms with E-state index in [9.17, 15) is 14.3 Å². The molecule has 1 aliphatic rings. The van der Waals surface area contributed by atoms with E-state index in [-0.39, 0.29) is 11.2 Å². The zero-order valence-corrected chi connectivity index (χ0v) is 24.1. The largest absolute Gasteiger partial charge is 0.465 e. The maximum Gasteiger partial charge on any atom is 0.407 e. The number of likely N-dealkylation sites (tertiary alicyclic amines) is 1. The van der Waals surface area contributed by atoms with Gasteiger partial charge in [-0.3, -0.25) is 0 Å². The average Bonchev–Trinajstić information content (AvgIpc) is 3.27. The second-order valence-electron chi connectivity index (χ2n) is 11.4. The minimum Gasteiger partial charge on any atom is -0.465 e. The van der Waals surface area contributed by atoms with Crippen LogP contribution in [0.3, 0.4) is 0 Å². The number of ether oxygens (including phenoxy) is 2. The number of aromatic nitrogens is 2. The second kappa shape index (κ2) is 12.2. The topological polar surface area (TPSA) is 76.8 Å². The second-order valence-corrected chi connectivity index (χ2v) is 17.4. The summed E-state index contributed by atoms with van der Waals surface area (Å²) in [6.07, 6.45) is 2.91. The lowest BCUT2D eigenvalue weighted by atomic mass is 9.73. The van der Waals surface area contributed by atoms with Gasteiger partial charge in [0.2, 0.25) is 0 Å². The highest BCUT2D eigenvalue weighted by Crippen LogP contribution is 2.36. The quantitative estimate of drug-likeness (QED) is 0.216. The van der Waals surface area contributed by atoms with Gasteiger partial charge >= 0.3 is 6.09 Å². The van der Waals surface area contributed by atoms with Crippen LogP contribution in [-0.4, -0.2) is 66.9 Å². The number of rotatable bonds is 11. The Hall–Kier alpha value is -2.46. The van der Waals surface area contributed by atoms with Crippen molar-refractivity contribution in [1.29, 1.82) is 0 Å². The van der Waals surface area contributed by atoms with Crippen molar-refractivity contribution in [2.24, 2.45) is 0 Å². The van der Waals surface area contributed by atoms with Crippen LogP contribution in [0, 0.1) is 5.82 Å². The smallest absolute Gasteiger partial charge is 0.407 e. The summed E-state index contributed by atoms with van der Waals surface area (Å²) in [6.45, 7) is 9.84. The third kappa shape index (κ3) is 7.34. The lowest BCUT2D eigenvalue weighted by Crippen LogP contribution is -2.47. The molecule has 1 aliphatic heterocycles. The van der Waals surface area contributed by atoms with Gasteiger partial charge in [0.1, 0.15) is 12.5 Å². The number of halogens is 2. The van der Waals surface area contributed by atoms with E-state index in [1.807, 2.05) is 23.0 Å². The molecule has 3 aromatic rings. The number of carbonyl (C=O) groups is 1. The lowest BCUT2D eigenvalue weighted by Gasteiger charge is -2.41. The molecule has 0 aliphatic carbocycles. The zero-order valence-electron chi connectivity index (χ0n) is 22.4. The molecule has 7 nitrogen and oxygen atoms in total. The van der Waals surface area contributed by atoms with Gasteiger partial charge < -0.3 is 19.5 Å². The highest BCUT2D eigenvalue weighted by atomic mass is 35.5. The van der Waals surface area contributed by atoms with Crippen molar-refractivity contribution in [3.05, 3.63) is 64.6 Å². The van der Waals surface area contributed by atoms with Crippen molar-refractivity contribution in [3.63, 3.8) is 0 Å². The molecule has 1 fully saturated rings. The maximum absolute atomic E-state index is 13.6. The molecule has 0 saturated carbocycles. The van der Waals surface area contributed by atoms with Crippen molar-refractivity contribution in [1.82, 2.24) is 14.7 Å². The van der Waals surface area contributed by atoms with E-state index in [2.05, 4.69) is 19.6 Å². The molecule has 2 aromatic carbocycles. The van der Waals surface area contributed by atoms with Crippen molar-refractivity contribution >= 4 is 36.7 Å². The lowest BCUT2D eigenvalue weighted by molar-refractivity contribution is 0.0460. The highest BCUT2D eigenvalue weighted by molar-refractivity contribution is 6.76. The molecule has 0 bridgehead atoms. The van der Waals surface area contributed by atoms with Gasteiger partial charge in [-0.2, -0.15) is 5.10 Å². The van der Waals surface area contributed by atoms with Gasteiger partial charge in [-0.15, -0.1) is 0 Å². The minimum atomic E-state index is -1.14. The molecule has 10 heteroatoms. The van der Waals surface area contributed by atoms with Gasteiger partial charge in [-0.25, -0.2) is 13.9 Å². The standard InChI is InChI=1S/C28H37ClFN3O4Si/c1-38(2,3)15-14-37-20-33-18-22-17-24(29)16-21(26(22)31-33)8-13-36-19-28(23-4-6-25(30)7-5-23)9-11-32(12-10-28)27(34)35/h4-7,16-18H,8-15,19-20H2,1-3H3,(H,34,35). The highest BCUT2D eigenvalue weighted by Gasteiger charge is 2.38. The van der Waals surface area contributed by atoms with E-state index >= 15 is 0 Å². The first-order valence-corrected chi connectivity index (χ1v) is 17.2. The summed E-state index contributed by atoms with van der Waals surface area (Å²) in [4.78, 5) is 12.9. The fourth-order valence-corrected chi connectivity index (χ4v) is 5.91. The summed E-state index contributed by atoms with van der Waals surface area (Å²) in [7, 11) is -1.14. The molecule has 4 rings (SSSR count). The number of benzene rings is 2. The summed E-state index contributed by atoms with van der Waals surface area (Å²) in [6, 6.07) is 11.4. The van der Waals surface area contributed by atoms with Crippen molar-refractivity contribution in [2.75, 3.05) is 32.9 Å². The molecule has 0 unspecified atom stereocenters. The fraction of sp³-hybridized carbons (Fsp3) is 0.500. The first-order chi connectivity index (χ1) is 18.0. The Kier molecular flexibility index (Phi) is 9.13. The van der Waals surface area contributed by atoms with E-state index in [1.165, 1.54) is 17.0 Å². The van der Waals surface area contributed by atoms with Gasteiger partial charge in [0.25, 0.3) is 0 Å². The first kappa shape index (κ1) is 28.5. The molecule has 1 amide bonds. The number of fused-ring (bicyclic) bond motifs is 1. The van der Waals surface area contributed by atoms with Crippen LogP contribution < -0.4 is 0 Å². The Balaban J connectivity index is 1.40. The van der Waals surface area contributed by atoms with Crippen molar-refractivity contribution < 1.29 is 23.8 Å². The predicted octanol–water partition coefficient (Wildman–Crippen LogP) is 6.41. The van der Waals surface area contributed by atoms with Gasteiger partial charge in [0, 0.05) is 49.8 Å². The Morgan fingerprint density at radius 2 is 1.84 bits per heavy atom. The normalized spacial score (nSPS) is 15.8. The van der Waals surface area contributed by atoms with Gasteiger partial charge in [-0.1, -0.05) is 43.4 Å². The summed E-state index contributed by atoms with van der Waals surface area (Å²) >= 11 is 6.41. The van der Waals surface area contributed by atoms with Crippen LogP contribution in [0.15, 0.2) is 42.6 Å². The molecule has 0 radical (unpaired) electrons. The van der Waals surface area contributed by atoms with Crippen molar-refractivity contribution in [3.8, 4) is 0 Å². The minimum absolute atomic E-state index is 0.293. The Morgan fingerprint density at radius 3 is 2.50 bits per heavy atom. The first-order valence-electron chi connectivity index (χ1n) is 13.1. The molecular weight excluding hydrogens is 525 g/mol. The SMILES string of the molecule is C[Si](C)(C)CCOCn1cc2cc(Cl)cc(CCOCC3(c4ccc(F)cc4)CCN(C(=O)O)CC3)c2n1. The van der Waals surface area contributed by atoms with Gasteiger partial charge in [0.15, 0.2) is 0 Å². The van der Waals surface area contributed by atoms with Crippen LogP contribution in [-0.2, 0) is 28.0 Å². The van der Waals surface area contributed by atoms with E-state index < -0.39 is 14.2 Å². The number of nitrogens with zero attached hydrogens (tertiary/aromatic N) is 3. The molecule has 0 spiro atoms. The molecule has 0 atom stereocenters. The molecular formula is C28H37ClFN3O4Si. The molecule has 1 aromatic heterocycles. The van der Waals surface area contributed by atoms with Crippen LogP contribution in [0.2, 0.25) is 30.7 Å². The number of hydrogen-bond acceptors (Lipinski definition) is 4.